The van der Waals surface area contributed by atoms with E-state index in [0.717, 1.165) is 62.2 Å². The van der Waals surface area contributed by atoms with Gasteiger partial charge in [-0.1, -0.05) is 23.5 Å². The van der Waals surface area contributed by atoms with Crippen LogP contribution < -0.4 is 5.32 Å². The first-order valence-electron chi connectivity index (χ1n) is 16.0. The van der Waals surface area contributed by atoms with Crippen molar-refractivity contribution < 1.29 is 9.53 Å². The van der Waals surface area contributed by atoms with Crippen LogP contribution >= 0.6 is 11.3 Å². The molecule has 4 aliphatic rings. The van der Waals surface area contributed by atoms with E-state index < -0.39 is 5.97 Å². The number of benzene rings is 1. The van der Waals surface area contributed by atoms with Gasteiger partial charge in [0.25, 0.3) is 0 Å². The number of para-hydroxylation sites is 1. The number of carbonyl (C=O) groups is 1. The number of pyridine rings is 1. The first-order chi connectivity index (χ1) is 22.4. The van der Waals surface area contributed by atoms with E-state index in [2.05, 4.69) is 31.9 Å². The summed E-state index contributed by atoms with van der Waals surface area (Å²) in [5, 5.41) is 8.89. The summed E-state index contributed by atoms with van der Waals surface area (Å²) in [4.78, 5) is 31.9. The molecule has 0 spiro atoms. The number of methoxy groups -OCH3 is 1. The Morgan fingerprint density at radius 3 is 2.48 bits per heavy atom. The van der Waals surface area contributed by atoms with Gasteiger partial charge in [-0.05, 0) is 86.8 Å². The molecule has 0 saturated heterocycles. The summed E-state index contributed by atoms with van der Waals surface area (Å²) in [5.41, 5.74) is 6.34. The van der Waals surface area contributed by atoms with Crippen LogP contribution in [0.1, 0.15) is 54.6 Å². The lowest BCUT2D eigenvalue weighted by molar-refractivity contribution is -0.0638. The average molecular weight is 631 g/mol. The number of hydrogen-bond acceptors (Lipinski definition) is 9. The largest absolute Gasteiger partial charge is 0.465 e. The minimum Gasteiger partial charge on any atom is -0.465 e. The molecular weight excluding hydrogens is 597 g/mol. The summed E-state index contributed by atoms with van der Waals surface area (Å²) in [6.45, 7) is 3.07. The third-order valence-electron chi connectivity index (χ3n) is 10.6. The maximum absolute atomic E-state index is 13.3. The molecule has 1 aromatic carbocycles. The molecule has 232 valence electrons. The molecule has 10 nitrogen and oxygen atoms in total. The quantitative estimate of drug-likeness (QED) is 0.183. The smallest absolute Gasteiger partial charge is 0.342 e. The van der Waals surface area contributed by atoms with Crippen molar-refractivity contribution in [3.05, 3.63) is 72.6 Å². The average Bonchev–Trinajstić information content (AvgIpc) is 3.76. The predicted octanol–water partition coefficient (Wildman–Crippen LogP) is 7.32. The Bertz CT molecular complexity index is 2060. The van der Waals surface area contributed by atoms with Crippen LogP contribution in [0.5, 0.6) is 0 Å². The fraction of sp³-hybridized carbons (Fsp3) is 0.371. The molecule has 1 N–H and O–H groups in total. The molecule has 0 aliphatic heterocycles. The van der Waals surface area contributed by atoms with Crippen LogP contribution in [0.25, 0.3) is 38.4 Å². The van der Waals surface area contributed by atoms with Crippen LogP contribution in [-0.4, -0.2) is 47.2 Å². The van der Waals surface area contributed by atoms with Gasteiger partial charge in [0.15, 0.2) is 16.6 Å². The minimum atomic E-state index is -0.438. The summed E-state index contributed by atoms with van der Waals surface area (Å²) in [7, 11) is 1.41. The molecule has 0 atom stereocenters. The fourth-order valence-electron chi connectivity index (χ4n) is 9.00. The number of fused-ring (bicyclic) bond motifs is 2. The second-order valence-electron chi connectivity index (χ2n) is 13.6. The number of anilines is 2. The molecule has 5 aromatic heterocycles. The van der Waals surface area contributed by atoms with Crippen molar-refractivity contribution in [2.24, 2.45) is 23.2 Å². The van der Waals surface area contributed by atoms with E-state index in [4.69, 9.17) is 14.8 Å². The summed E-state index contributed by atoms with van der Waals surface area (Å²) in [6, 6.07) is 9.97. The number of carbonyl (C=O) groups excluding carboxylic acids is 1. The predicted molar refractivity (Wildman–Crippen MR) is 177 cm³/mol. The molecule has 4 aliphatic carbocycles. The molecule has 10 rings (SSSR count). The van der Waals surface area contributed by atoms with Gasteiger partial charge in [-0.2, -0.15) is 5.10 Å². The Labute approximate surface area is 269 Å². The van der Waals surface area contributed by atoms with E-state index in [1.807, 2.05) is 47.1 Å². The molecule has 4 fully saturated rings. The topological polar surface area (TPSA) is 112 Å². The highest BCUT2D eigenvalue weighted by Crippen LogP contribution is 2.60. The zero-order valence-electron chi connectivity index (χ0n) is 25.8. The Morgan fingerprint density at radius 1 is 0.978 bits per heavy atom. The molecule has 4 bridgehead atoms. The van der Waals surface area contributed by atoms with E-state index in [9.17, 15) is 4.79 Å². The Balaban J connectivity index is 1.02. The number of thiazole rings is 1. The monoisotopic (exact) mass is 630 g/mol. The lowest BCUT2D eigenvalue weighted by atomic mass is 9.49. The number of esters is 1. The van der Waals surface area contributed by atoms with Gasteiger partial charge in [-0.25, -0.2) is 24.7 Å². The molecule has 0 amide bonds. The normalized spacial score (nSPS) is 23.4. The molecule has 46 heavy (non-hydrogen) atoms. The fourth-order valence-corrected chi connectivity index (χ4v) is 9.87. The second-order valence-corrected chi connectivity index (χ2v) is 14.6. The van der Waals surface area contributed by atoms with Gasteiger partial charge >= 0.3 is 5.97 Å². The molecule has 5 heterocycles. The van der Waals surface area contributed by atoms with Crippen LogP contribution in [-0.2, 0) is 11.3 Å². The first kappa shape index (κ1) is 27.7. The maximum atomic E-state index is 13.3. The Morgan fingerprint density at radius 2 is 1.76 bits per heavy atom. The molecule has 11 heteroatoms. The van der Waals surface area contributed by atoms with Gasteiger partial charge < -0.3 is 10.1 Å². The third-order valence-corrected chi connectivity index (χ3v) is 11.5. The summed E-state index contributed by atoms with van der Waals surface area (Å²) in [6.07, 6.45) is 17.2. The summed E-state index contributed by atoms with van der Waals surface area (Å²) >= 11 is 1.56. The van der Waals surface area contributed by atoms with Crippen molar-refractivity contribution in [2.75, 3.05) is 12.4 Å². The summed E-state index contributed by atoms with van der Waals surface area (Å²) < 4.78 is 10.5. The first-order valence-corrected chi connectivity index (χ1v) is 16.8. The maximum Gasteiger partial charge on any atom is 0.342 e. The zero-order valence-corrected chi connectivity index (χ0v) is 26.6. The number of hydrogen-bond donors (Lipinski definition) is 1. The highest BCUT2D eigenvalue weighted by molar-refractivity contribution is 7.22. The number of ether oxygens (including phenoxy) is 1. The van der Waals surface area contributed by atoms with Crippen LogP contribution in [0.15, 0.2) is 61.3 Å². The molecule has 0 unspecified atom stereocenters. The van der Waals surface area contributed by atoms with Crippen molar-refractivity contribution in [2.45, 2.75) is 52.0 Å². The van der Waals surface area contributed by atoms with Gasteiger partial charge in [0.2, 0.25) is 0 Å². The van der Waals surface area contributed by atoms with Crippen molar-refractivity contribution in [1.29, 1.82) is 0 Å². The molecule has 0 radical (unpaired) electrons. The van der Waals surface area contributed by atoms with Crippen LogP contribution in [0.2, 0.25) is 0 Å². The van der Waals surface area contributed by atoms with E-state index in [1.54, 1.807) is 29.9 Å². The highest BCUT2D eigenvalue weighted by atomic mass is 32.1. The van der Waals surface area contributed by atoms with Crippen molar-refractivity contribution in [3.63, 3.8) is 0 Å². The number of aromatic nitrogens is 7. The van der Waals surface area contributed by atoms with Gasteiger partial charge in [-0.15, -0.1) is 0 Å². The number of imidazole rings is 1. The van der Waals surface area contributed by atoms with Gasteiger partial charge in [0, 0.05) is 29.6 Å². The van der Waals surface area contributed by atoms with E-state index >= 15 is 0 Å². The lowest BCUT2D eigenvalue weighted by Crippen LogP contribution is -2.48. The van der Waals surface area contributed by atoms with Crippen LogP contribution in [0, 0.1) is 30.1 Å². The summed E-state index contributed by atoms with van der Waals surface area (Å²) in [5.74, 6) is 2.82. The molecule has 4 saturated carbocycles. The van der Waals surface area contributed by atoms with E-state index in [1.165, 1.54) is 45.6 Å². The number of rotatable bonds is 7. The standard InChI is InChI=1S/C35H34N8O2S/c1-20-25(15-39-43(20)19-35-12-21-9-22(13-35)11-23(10-21)14-35)24-7-8-42-28(17-38-32(42)31(24)33(44)45-2)27-16-37-30(18-36-27)41-34-40-26-5-3-4-6-29(26)46-34/h3-8,15-18,21-23H,9-14,19H2,1-2H3,(H,37,40,41). The van der Waals surface area contributed by atoms with Crippen LogP contribution in [0.4, 0.5) is 10.9 Å². The SMILES string of the molecule is COC(=O)c1c(-c2cnn(CC34CC5CC(CC(C5)C3)C4)c2C)ccn2c(-c3cnc(Nc4nc5ccccc5s4)cn3)cnc12. The van der Waals surface area contributed by atoms with Gasteiger partial charge in [0.05, 0.1) is 47.8 Å². The van der Waals surface area contributed by atoms with Crippen molar-refractivity contribution in [3.8, 4) is 22.5 Å². The minimum absolute atomic E-state index is 0.358. The zero-order chi connectivity index (χ0) is 31.0. The van der Waals surface area contributed by atoms with E-state index in [-0.39, 0.29) is 0 Å². The lowest BCUT2D eigenvalue weighted by Gasteiger charge is -2.56. The van der Waals surface area contributed by atoms with Crippen molar-refractivity contribution >= 4 is 44.1 Å². The number of nitrogens with zero attached hydrogens (tertiary/aromatic N) is 7. The molecular formula is C35H34N8O2S. The Kier molecular flexibility index (Phi) is 6.28. The highest BCUT2D eigenvalue weighted by Gasteiger charge is 2.51. The Hall–Kier alpha value is -4.64. The molecule has 6 aromatic rings. The number of nitrogens with one attached hydrogen (secondary N) is 1. The van der Waals surface area contributed by atoms with Gasteiger partial charge in [-0.3, -0.25) is 9.08 Å². The van der Waals surface area contributed by atoms with Gasteiger partial charge in [0.1, 0.15) is 11.3 Å². The third kappa shape index (κ3) is 4.51. The van der Waals surface area contributed by atoms with Crippen LogP contribution in [0.3, 0.4) is 0 Å². The second kappa shape index (κ2) is 10.4. The van der Waals surface area contributed by atoms with Crippen molar-refractivity contribution in [1.82, 2.24) is 34.1 Å². The van der Waals surface area contributed by atoms with E-state index in [0.29, 0.717) is 28.1 Å².